The SMILES string of the molecule is C=C[C@@H]1C[C@@H]2CCN1[C@H]([C@@H](O)c1ccnc3ccc(OC)cc13)C2. The smallest absolute Gasteiger partial charge is 0.119 e. The van der Waals surface area contributed by atoms with E-state index in [0.29, 0.717) is 12.0 Å². The molecule has 0 saturated carbocycles. The van der Waals surface area contributed by atoms with Crippen molar-refractivity contribution in [1.29, 1.82) is 0 Å². The van der Waals surface area contributed by atoms with E-state index in [2.05, 4.69) is 16.5 Å². The third-order valence-electron chi connectivity index (χ3n) is 5.73. The van der Waals surface area contributed by atoms with Crippen LogP contribution in [0.4, 0.5) is 0 Å². The molecule has 3 aliphatic rings. The second-order valence-electron chi connectivity index (χ2n) is 6.96. The van der Waals surface area contributed by atoms with Gasteiger partial charge in [-0.3, -0.25) is 9.88 Å². The molecular weight excluding hydrogens is 300 g/mol. The lowest BCUT2D eigenvalue weighted by Gasteiger charge is -2.51. The van der Waals surface area contributed by atoms with E-state index in [0.717, 1.165) is 35.2 Å². The number of methoxy groups -OCH3 is 1. The molecule has 4 nitrogen and oxygen atoms in total. The molecule has 0 aliphatic carbocycles. The molecule has 0 radical (unpaired) electrons. The molecule has 126 valence electrons. The number of fused-ring (bicyclic) bond motifs is 4. The van der Waals surface area contributed by atoms with E-state index in [1.165, 1.54) is 12.8 Å². The largest absolute Gasteiger partial charge is 0.497 e. The predicted molar refractivity (Wildman–Crippen MR) is 95.1 cm³/mol. The normalized spacial score (nSPS) is 30.2. The first-order valence-electron chi connectivity index (χ1n) is 8.70. The zero-order chi connectivity index (χ0) is 16.7. The highest BCUT2D eigenvalue weighted by Gasteiger charge is 2.42. The van der Waals surface area contributed by atoms with Gasteiger partial charge < -0.3 is 9.84 Å². The van der Waals surface area contributed by atoms with E-state index in [9.17, 15) is 5.11 Å². The maximum absolute atomic E-state index is 11.2. The molecule has 24 heavy (non-hydrogen) atoms. The van der Waals surface area contributed by atoms with Gasteiger partial charge in [-0.25, -0.2) is 0 Å². The number of aliphatic hydroxyl groups excluding tert-OH is 1. The van der Waals surface area contributed by atoms with E-state index in [1.54, 1.807) is 13.3 Å². The molecule has 3 saturated heterocycles. The summed E-state index contributed by atoms with van der Waals surface area (Å²) in [6, 6.07) is 8.31. The van der Waals surface area contributed by atoms with Crippen molar-refractivity contribution in [3.8, 4) is 5.75 Å². The summed E-state index contributed by atoms with van der Waals surface area (Å²) in [4.78, 5) is 6.86. The zero-order valence-electron chi connectivity index (χ0n) is 14.1. The van der Waals surface area contributed by atoms with Crippen LogP contribution in [0.5, 0.6) is 5.75 Å². The second-order valence-corrected chi connectivity index (χ2v) is 6.96. The number of hydrogen-bond acceptors (Lipinski definition) is 4. The molecule has 4 heteroatoms. The van der Waals surface area contributed by atoms with Crippen molar-refractivity contribution in [2.45, 2.75) is 37.5 Å². The van der Waals surface area contributed by atoms with Crippen LogP contribution in [0.3, 0.4) is 0 Å². The van der Waals surface area contributed by atoms with Gasteiger partial charge in [0.05, 0.1) is 18.7 Å². The van der Waals surface area contributed by atoms with Gasteiger partial charge in [-0.1, -0.05) is 6.08 Å². The fraction of sp³-hybridized carbons (Fsp3) is 0.450. The lowest BCUT2D eigenvalue weighted by Crippen LogP contribution is -2.55. The van der Waals surface area contributed by atoms with Crippen LogP contribution in [-0.2, 0) is 0 Å². The van der Waals surface area contributed by atoms with Crippen LogP contribution in [0.2, 0.25) is 0 Å². The van der Waals surface area contributed by atoms with Gasteiger partial charge in [-0.15, -0.1) is 6.58 Å². The van der Waals surface area contributed by atoms with Crippen LogP contribution in [0.1, 0.15) is 30.9 Å². The van der Waals surface area contributed by atoms with E-state index in [-0.39, 0.29) is 6.04 Å². The van der Waals surface area contributed by atoms with Crippen molar-refractivity contribution in [2.75, 3.05) is 13.7 Å². The summed E-state index contributed by atoms with van der Waals surface area (Å²) in [7, 11) is 1.66. The van der Waals surface area contributed by atoms with Gasteiger partial charge in [0, 0.05) is 23.7 Å². The minimum Gasteiger partial charge on any atom is -0.497 e. The number of benzene rings is 1. The summed E-state index contributed by atoms with van der Waals surface area (Å²) in [6.45, 7) is 5.04. The summed E-state index contributed by atoms with van der Waals surface area (Å²) in [5.41, 5.74) is 1.84. The Balaban J connectivity index is 1.73. The molecule has 3 aliphatic heterocycles. The third-order valence-corrected chi connectivity index (χ3v) is 5.73. The van der Waals surface area contributed by atoms with Gasteiger partial charge in [0.15, 0.2) is 0 Å². The molecule has 1 aromatic heterocycles. The van der Waals surface area contributed by atoms with Gasteiger partial charge in [0.1, 0.15) is 5.75 Å². The van der Waals surface area contributed by atoms with Crippen molar-refractivity contribution >= 4 is 10.9 Å². The standard InChI is InChI=1S/C20H24N2O2/c1-3-14-10-13-7-9-22(14)19(11-13)20(23)16-6-8-21-18-5-4-15(24-2)12-17(16)18/h3-6,8,12-14,19-20,23H,1,7,9-11H2,2H3/t13-,14+,19-,20-/m0/s1. The Bertz CT molecular complexity index is 760. The Morgan fingerprint density at radius 3 is 3.00 bits per heavy atom. The van der Waals surface area contributed by atoms with Gasteiger partial charge in [-0.05, 0) is 61.6 Å². The molecule has 1 N–H and O–H groups in total. The van der Waals surface area contributed by atoms with Crippen LogP contribution < -0.4 is 4.74 Å². The third kappa shape index (κ3) is 2.50. The summed E-state index contributed by atoms with van der Waals surface area (Å²) in [5.74, 6) is 1.48. The van der Waals surface area contributed by atoms with E-state index in [1.807, 2.05) is 30.3 Å². The van der Waals surface area contributed by atoms with Gasteiger partial charge in [-0.2, -0.15) is 0 Å². The first-order chi connectivity index (χ1) is 11.7. The van der Waals surface area contributed by atoms with Crippen LogP contribution in [-0.4, -0.2) is 40.7 Å². The highest BCUT2D eigenvalue weighted by Crippen LogP contribution is 2.42. The summed E-state index contributed by atoms with van der Waals surface area (Å²) < 4.78 is 5.35. The lowest BCUT2D eigenvalue weighted by molar-refractivity contribution is -0.0473. The van der Waals surface area contributed by atoms with Gasteiger partial charge in [0.2, 0.25) is 0 Å². The Kier molecular flexibility index (Phi) is 4.02. The maximum atomic E-state index is 11.2. The first kappa shape index (κ1) is 15.6. The Hall–Kier alpha value is -1.91. The highest BCUT2D eigenvalue weighted by molar-refractivity contribution is 5.83. The number of nitrogens with zero attached hydrogens (tertiary/aromatic N) is 2. The number of rotatable bonds is 4. The number of piperidine rings is 3. The number of hydrogen-bond donors (Lipinski definition) is 1. The van der Waals surface area contributed by atoms with Crippen LogP contribution in [0, 0.1) is 5.92 Å². The van der Waals surface area contributed by atoms with Crippen LogP contribution >= 0.6 is 0 Å². The average molecular weight is 324 g/mol. The van der Waals surface area contributed by atoms with Gasteiger partial charge in [0.25, 0.3) is 0 Å². The minimum absolute atomic E-state index is 0.150. The summed E-state index contributed by atoms with van der Waals surface area (Å²) in [6.07, 6.45) is 6.77. The van der Waals surface area contributed by atoms with Gasteiger partial charge >= 0.3 is 0 Å². The molecule has 3 fully saturated rings. The molecule has 0 amide bonds. The molecular formula is C20H24N2O2. The summed E-state index contributed by atoms with van der Waals surface area (Å²) >= 11 is 0. The fourth-order valence-corrected chi connectivity index (χ4v) is 4.48. The molecule has 2 aromatic rings. The number of pyridine rings is 1. The molecule has 5 rings (SSSR count). The van der Waals surface area contributed by atoms with Crippen molar-refractivity contribution in [1.82, 2.24) is 9.88 Å². The van der Waals surface area contributed by atoms with Crippen molar-refractivity contribution in [3.63, 3.8) is 0 Å². The van der Waals surface area contributed by atoms with Crippen molar-refractivity contribution < 1.29 is 9.84 Å². The molecule has 0 spiro atoms. The van der Waals surface area contributed by atoms with E-state index < -0.39 is 6.10 Å². The molecule has 2 bridgehead atoms. The van der Waals surface area contributed by atoms with E-state index >= 15 is 0 Å². The Morgan fingerprint density at radius 2 is 2.25 bits per heavy atom. The number of ether oxygens (including phenoxy) is 1. The quantitative estimate of drug-likeness (QED) is 0.877. The number of aromatic nitrogens is 1. The lowest BCUT2D eigenvalue weighted by atomic mass is 9.76. The monoisotopic (exact) mass is 324 g/mol. The molecule has 5 atom stereocenters. The topological polar surface area (TPSA) is 45.6 Å². The predicted octanol–water partition coefficient (Wildman–Crippen LogP) is 3.32. The maximum Gasteiger partial charge on any atom is 0.119 e. The van der Waals surface area contributed by atoms with Crippen molar-refractivity contribution in [3.05, 3.63) is 48.7 Å². The number of aliphatic hydroxyl groups is 1. The first-order valence-corrected chi connectivity index (χ1v) is 8.70. The Labute approximate surface area is 142 Å². The second kappa shape index (κ2) is 6.19. The molecule has 4 heterocycles. The Morgan fingerprint density at radius 1 is 1.38 bits per heavy atom. The highest BCUT2D eigenvalue weighted by atomic mass is 16.5. The zero-order valence-corrected chi connectivity index (χ0v) is 14.1. The molecule has 1 aromatic carbocycles. The summed E-state index contributed by atoms with van der Waals surface area (Å²) in [5, 5.41) is 12.2. The minimum atomic E-state index is -0.520. The van der Waals surface area contributed by atoms with E-state index in [4.69, 9.17) is 4.74 Å². The van der Waals surface area contributed by atoms with Crippen LogP contribution in [0.25, 0.3) is 10.9 Å². The van der Waals surface area contributed by atoms with Crippen LogP contribution in [0.15, 0.2) is 43.1 Å². The molecule has 1 unspecified atom stereocenters. The van der Waals surface area contributed by atoms with Crippen molar-refractivity contribution in [2.24, 2.45) is 5.92 Å². The average Bonchev–Trinajstić information content (AvgIpc) is 2.66. The fourth-order valence-electron chi connectivity index (χ4n) is 4.48.